The van der Waals surface area contributed by atoms with Crippen LogP contribution in [0.4, 0.5) is 0 Å². The molecule has 1 unspecified atom stereocenters. The van der Waals surface area contributed by atoms with Crippen molar-refractivity contribution in [2.75, 3.05) is 0 Å². The molecular formula is C13H19N. The summed E-state index contributed by atoms with van der Waals surface area (Å²) < 4.78 is 0. The van der Waals surface area contributed by atoms with Crippen LogP contribution in [0.1, 0.15) is 33.6 Å². The minimum absolute atomic E-state index is 0.587. The number of rotatable bonds is 1. The zero-order valence-corrected chi connectivity index (χ0v) is 9.33. The predicted octanol–water partition coefficient (Wildman–Crippen LogP) is 3.38. The molecule has 0 radical (unpaired) electrons. The van der Waals surface area contributed by atoms with Gasteiger partial charge < -0.3 is 0 Å². The van der Waals surface area contributed by atoms with Crippen molar-refractivity contribution in [3.63, 3.8) is 0 Å². The molecule has 0 saturated heterocycles. The Morgan fingerprint density at radius 1 is 1.29 bits per heavy atom. The van der Waals surface area contributed by atoms with Crippen LogP contribution in [-0.4, -0.2) is 0 Å². The second kappa shape index (κ2) is 3.12. The van der Waals surface area contributed by atoms with Crippen LogP contribution in [0.3, 0.4) is 0 Å². The topological polar surface area (TPSA) is 23.8 Å². The van der Waals surface area contributed by atoms with Crippen molar-refractivity contribution in [1.29, 1.82) is 5.26 Å². The fraction of sp³-hybridized carbons (Fsp3) is 0.769. The van der Waals surface area contributed by atoms with Gasteiger partial charge in [-0.25, -0.2) is 0 Å². The molecule has 2 aliphatic carbocycles. The van der Waals surface area contributed by atoms with Gasteiger partial charge in [0.2, 0.25) is 0 Å². The molecule has 2 fully saturated rings. The molecule has 2 rings (SSSR count). The van der Waals surface area contributed by atoms with Crippen LogP contribution in [0.5, 0.6) is 0 Å². The molecule has 0 bridgehead atoms. The molecular weight excluding hydrogens is 170 g/mol. The zero-order valence-electron chi connectivity index (χ0n) is 9.33. The SMILES string of the molecule is C[C@@H]1C[C@H]2C(C[C@H]1C=CC#N)C2(C)C. The predicted molar refractivity (Wildman–Crippen MR) is 57.4 cm³/mol. The lowest BCUT2D eigenvalue weighted by Gasteiger charge is -2.25. The molecule has 0 aromatic carbocycles. The third-order valence-electron chi connectivity index (χ3n) is 4.59. The van der Waals surface area contributed by atoms with E-state index in [2.05, 4.69) is 32.9 Å². The fourth-order valence-electron chi connectivity index (χ4n) is 3.33. The summed E-state index contributed by atoms with van der Waals surface area (Å²) in [6, 6.07) is 2.10. The summed E-state index contributed by atoms with van der Waals surface area (Å²) in [6.07, 6.45) is 6.45. The van der Waals surface area contributed by atoms with Crippen molar-refractivity contribution in [2.45, 2.75) is 33.6 Å². The highest BCUT2D eigenvalue weighted by Crippen LogP contribution is 2.66. The largest absolute Gasteiger partial charge is 0.193 e. The average molecular weight is 189 g/mol. The molecule has 2 aliphatic rings. The first-order valence-electron chi connectivity index (χ1n) is 5.63. The number of fused-ring (bicyclic) bond motifs is 1. The summed E-state index contributed by atoms with van der Waals surface area (Å²) in [5.74, 6) is 3.30. The van der Waals surface area contributed by atoms with Crippen molar-refractivity contribution in [2.24, 2.45) is 29.1 Å². The van der Waals surface area contributed by atoms with Crippen LogP contribution < -0.4 is 0 Å². The van der Waals surface area contributed by atoms with E-state index in [0.29, 0.717) is 11.3 Å². The van der Waals surface area contributed by atoms with E-state index < -0.39 is 0 Å². The Bertz CT molecular complexity index is 295. The van der Waals surface area contributed by atoms with Gasteiger partial charge in [0.1, 0.15) is 0 Å². The molecule has 0 aromatic rings. The summed E-state index contributed by atoms with van der Waals surface area (Å²) >= 11 is 0. The van der Waals surface area contributed by atoms with Gasteiger partial charge in [0.15, 0.2) is 0 Å². The second-order valence-electron chi connectivity index (χ2n) is 5.64. The third kappa shape index (κ3) is 1.38. The Balaban J connectivity index is 2.03. The van der Waals surface area contributed by atoms with E-state index >= 15 is 0 Å². The van der Waals surface area contributed by atoms with Gasteiger partial charge in [-0.3, -0.25) is 0 Å². The summed E-state index contributed by atoms with van der Waals surface area (Å²) in [7, 11) is 0. The van der Waals surface area contributed by atoms with Gasteiger partial charge >= 0.3 is 0 Å². The van der Waals surface area contributed by atoms with Gasteiger partial charge in [0, 0.05) is 6.08 Å². The normalized spacial score (nSPS) is 44.4. The van der Waals surface area contributed by atoms with Crippen LogP contribution in [0.25, 0.3) is 0 Å². The maximum Gasteiger partial charge on any atom is 0.0908 e. The van der Waals surface area contributed by atoms with E-state index in [4.69, 9.17) is 5.26 Å². The minimum Gasteiger partial charge on any atom is -0.193 e. The van der Waals surface area contributed by atoms with Gasteiger partial charge in [0.05, 0.1) is 6.07 Å². The maximum absolute atomic E-state index is 8.53. The first-order valence-corrected chi connectivity index (χ1v) is 5.63. The molecule has 0 amide bonds. The highest BCUT2D eigenvalue weighted by atomic mass is 14.6. The molecule has 76 valence electrons. The van der Waals surface area contributed by atoms with E-state index in [9.17, 15) is 0 Å². The van der Waals surface area contributed by atoms with Gasteiger partial charge in [-0.15, -0.1) is 0 Å². The zero-order chi connectivity index (χ0) is 10.3. The second-order valence-corrected chi connectivity index (χ2v) is 5.64. The highest BCUT2D eigenvalue weighted by molar-refractivity contribution is 5.13. The third-order valence-corrected chi connectivity index (χ3v) is 4.59. The lowest BCUT2D eigenvalue weighted by Crippen LogP contribution is -2.16. The Morgan fingerprint density at radius 2 is 1.93 bits per heavy atom. The molecule has 1 heteroatoms. The van der Waals surface area contributed by atoms with Crippen molar-refractivity contribution in [1.82, 2.24) is 0 Å². The fourth-order valence-corrected chi connectivity index (χ4v) is 3.33. The average Bonchev–Trinajstić information content (AvgIpc) is 2.65. The standard InChI is InChI=1S/C13H19N/c1-9-7-11-12(13(11,2)3)8-10(9)5-4-6-14/h4-5,9-12H,7-8H2,1-3H3/t9-,10-,11+,12?/m1/s1. The minimum atomic E-state index is 0.587. The van der Waals surface area contributed by atoms with Gasteiger partial charge in [-0.2, -0.15) is 5.26 Å². The summed E-state index contributed by atoms with van der Waals surface area (Å²) in [4.78, 5) is 0. The number of hydrogen-bond acceptors (Lipinski definition) is 1. The Labute approximate surface area is 86.8 Å². The molecule has 0 heterocycles. The van der Waals surface area contributed by atoms with Crippen LogP contribution in [0.2, 0.25) is 0 Å². The molecule has 4 atom stereocenters. The number of nitrogens with zero attached hydrogens (tertiary/aromatic N) is 1. The monoisotopic (exact) mass is 189 g/mol. The van der Waals surface area contributed by atoms with Crippen LogP contribution in [-0.2, 0) is 0 Å². The smallest absolute Gasteiger partial charge is 0.0908 e. The molecule has 0 N–H and O–H groups in total. The Kier molecular flexibility index (Phi) is 2.18. The van der Waals surface area contributed by atoms with Gasteiger partial charge in [-0.05, 0) is 41.9 Å². The number of nitriles is 1. The van der Waals surface area contributed by atoms with Gasteiger partial charge in [-0.1, -0.05) is 26.8 Å². The van der Waals surface area contributed by atoms with Crippen LogP contribution in [0.15, 0.2) is 12.2 Å². The van der Waals surface area contributed by atoms with Crippen molar-refractivity contribution in [3.8, 4) is 6.07 Å². The maximum atomic E-state index is 8.53. The summed E-state index contributed by atoms with van der Waals surface area (Å²) in [5.41, 5.74) is 0.587. The van der Waals surface area contributed by atoms with Crippen LogP contribution in [0, 0.1) is 40.4 Å². The quantitative estimate of drug-likeness (QED) is 0.580. The molecule has 0 aromatic heterocycles. The van der Waals surface area contributed by atoms with E-state index in [1.54, 1.807) is 6.08 Å². The number of hydrogen-bond donors (Lipinski definition) is 0. The first-order chi connectivity index (χ1) is 6.57. The van der Waals surface area contributed by atoms with E-state index in [1.807, 2.05) is 0 Å². The van der Waals surface area contributed by atoms with Gasteiger partial charge in [0.25, 0.3) is 0 Å². The molecule has 1 nitrogen and oxygen atoms in total. The van der Waals surface area contributed by atoms with Crippen molar-refractivity contribution in [3.05, 3.63) is 12.2 Å². The molecule has 0 spiro atoms. The van der Waals surface area contributed by atoms with E-state index in [0.717, 1.165) is 17.8 Å². The summed E-state index contributed by atoms with van der Waals surface area (Å²) in [5, 5.41) is 8.53. The van der Waals surface area contributed by atoms with Crippen molar-refractivity contribution >= 4 is 0 Å². The van der Waals surface area contributed by atoms with Crippen LogP contribution >= 0.6 is 0 Å². The molecule has 2 saturated carbocycles. The number of allylic oxidation sites excluding steroid dienone is 2. The molecule has 14 heavy (non-hydrogen) atoms. The lowest BCUT2D eigenvalue weighted by molar-refractivity contribution is 0.293. The lowest BCUT2D eigenvalue weighted by atomic mass is 9.80. The Morgan fingerprint density at radius 3 is 2.57 bits per heavy atom. The van der Waals surface area contributed by atoms with E-state index in [-0.39, 0.29) is 0 Å². The van der Waals surface area contributed by atoms with E-state index in [1.165, 1.54) is 12.8 Å². The Hall–Kier alpha value is -0.770. The highest BCUT2D eigenvalue weighted by Gasteiger charge is 2.60. The molecule has 0 aliphatic heterocycles. The first kappa shape index (κ1) is 9.77. The summed E-state index contributed by atoms with van der Waals surface area (Å²) in [6.45, 7) is 7.12. The van der Waals surface area contributed by atoms with Crippen molar-refractivity contribution < 1.29 is 0 Å².